The summed E-state index contributed by atoms with van der Waals surface area (Å²) in [6.45, 7) is 6.01. The van der Waals surface area contributed by atoms with E-state index in [0.717, 1.165) is 52.1 Å². The molecule has 29 heavy (non-hydrogen) atoms. The van der Waals surface area contributed by atoms with Gasteiger partial charge < -0.3 is 19.9 Å². The maximum absolute atomic E-state index is 13.8. The van der Waals surface area contributed by atoms with E-state index >= 15 is 0 Å². The summed E-state index contributed by atoms with van der Waals surface area (Å²) in [5, 5.41) is 19.8. The maximum Gasteiger partial charge on any atom is 0.404 e. The van der Waals surface area contributed by atoms with Gasteiger partial charge in [-0.1, -0.05) is 0 Å². The van der Waals surface area contributed by atoms with Crippen LogP contribution in [0.25, 0.3) is 0 Å². The molecule has 0 spiro atoms. The second-order valence-electron chi connectivity index (χ2n) is 7.44. The number of hydrogen-bond donors (Lipinski definition) is 2. The van der Waals surface area contributed by atoms with Crippen LogP contribution >= 0.6 is 0 Å². The first kappa shape index (κ1) is 21.3. The molecule has 2 fully saturated rings. The second-order valence-corrected chi connectivity index (χ2v) is 7.44. The number of nitrogens with zero attached hydrogens (tertiary/aromatic N) is 3. The van der Waals surface area contributed by atoms with Gasteiger partial charge in [0, 0.05) is 45.8 Å². The van der Waals surface area contributed by atoms with Crippen molar-refractivity contribution in [1.82, 2.24) is 15.1 Å². The van der Waals surface area contributed by atoms with Crippen molar-refractivity contribution < 1.29 is 23.8 Å². The molecule has 2 bridgehead atoms. The summed E-state index contributed by atoms with van der Waals surface area (Å²) < 4.78 is 25.4. The van der Waals surface area contributed by atoms with Crippen molar-refractivity contribution in [3.63, 3.8) is 0 Å². The summed E-state index contributed by atoms with van der Waals surface area (Å²) in [4.78, 5) is 15.2. The largest absolute Gasteiger partial charge is 0.490 e. The van der Waals surface area contributed by atoms with Crippen molar-refractivity contribution in [1.29, 1.82) is 5.26 Å². The van der Waals surface area contributed by atoms with Crippen LogP contribution in [-0.2, 0) is 4.74 Å². The summed E-state index contributed by atoms with van der Waals surface area (Å²) in [6.07, 6.45) is 0.909. The molecular formula is C20H27FN4O4. The van der Waals surface area contributed by atoms with E-state index in [1.54, 1.807) is 6.07 Å². The fraction of sp³-hybridized carbons (Fsp3) is 0.600. The van der Waals surface area contributed by atoms with Crippen LogP contribution < -0.4 is 10.1 Å². The van der Waals surface area contributed by atoms with Gasteiger partial charge in [0.1, 0.15) is 0 Å². The van der Waals surface area contributed by atoms with Crippen LogP contribution in [0.1, 0.15) is 18.4 Å². The predicted octanol–water partition coefficient (Wildman–Crippen LogP) is 1.51. The summed E-state index contributed by atoms with van der Waals surface area (Å²) >= 11 is 0. The van der Waals surface area contributed by atoms with Gasteiger partial charge >= 0.3 is 6.09 Å². The maximum atomic E-state index is 13.8. The Morgan fingerprint density at radius 1 is 1.24 bits per heavy atom. The zero-order valence-electron chi connectivity index (χ0n) is 16.3. The number of fused-ring (bicyclic) bond motifs is 2. The zero-order chi connectivity index (χ0) is 20.6. The Bertz CT molecular complexity index is 728. The smallest absolute Gasteiger partial charge is 0.404 e. The minimum absolute atomic E-state index is 0.159. The number of amides is 1. The number of benzene rings is 1. The second kappa shape index (κ2) is 10.4. The minimum Gasteiger partial charge on any atom is -0.490 e. The lowest BCUT2D eigenvalue weighted by molar-refractivity contribution is -0.138. The van der Waals surface area contributed by atoms with Crippen molar-refractivity contribution in [2.75, 3.05) is 52.4 Å². The Kier molecular flexibility index (Phi) is 7.63. The molecule has 2 saturated heterocycles. The number of nitriles is 1. The van der Waals surface area contributed by atoms with Gasteiger partial charge in [-0.2, -0.15) is 5.26 Å². The molecule has 2 unspecified atom stereocenters. The Morgan fingerprint density at radius 2 is 1.90 bits per heavy atom. The van der Waals surface area contributed by atoms with Crippen molar-refractivity contribution in [3.8, 4) is 11.8 Å². The number of halogens is 1. The van der Waals surface area contributed by atoms with Gasteiger partial charge in [0.15, 0.2) is 11.6 Å². The van der Waals surface area contributed by atoms with E-state index in [9.17, 15) is 9.18 Å². The number of carbonyl (C=O) groups is 1. The third kappa shape index (κ3) is 6.56. The van der Waals surface area contributed by atoms with E-state index in [2.05, 4.69) is 15.1 Å². The molecule has 0 saturated carbocycles. The number of hydrogen-bond acceptors (Lipinski definition) is 6. The molecule has 2 aliphatic heterocycles. The van der Waals surface area contributed by atoms with E-state index < -0.39 is 11.9 Å². The first-order chi connectivity index (χ1) is 14.0. The molecule has 3 rings (SSSR count). The van der Waals surface area contributed by atoms with E-state index in [1.165, 1.54) is 12.1 Å². The van der Waals surface area contributed by atoms with Gasteiger partial charge in [-0.05, 0) is 31.0 Å². The number of ether oxygens (including phenoxy) is 2. The molecule has 0 aromatic heterocycles. The first-order valence-electron chi connectivity index (χ1n) is 9.93. The van der Waals surface area contributed by atoms with Crippen molar-refractivity contribution in [3.05, 3.63) is 29.6 Å². The van der Waals surface area contributed by atoms with Crippen molar-refractivity contribution in [2.24, 2.45) is 0 Å². The lowest BCUT2D eigenvalue weighted by Gasteiger charge is -2.46. The van der Waals surface area contributed by atoms with Gasteiger partial charge in [-0.15, -0.1) is 0 Å². The van der Waals surface area contributed by atoms with Crippen LogP contribution in [-0.4, -0.2) is 85.6 Å². The van der Waals surface area contributed by atoms with Crippen LogP contribution in [0.3, 0.4) is 0 Å². The SMILES string of the molecule is N#Cc1ccc(OCCCN2CC3CN(CCCNC(=O)O)CC(C2)O3)c(F)c1. The molecule has 1 amide bonds. The average molecular weight is 406 g/mol. The molecule has 1 aromatic carbocycles. The molecule has 2 N–H and O–H groups in total. The quantitative estimate of drug-likeness (QED) is 0.600. The first-order valence-corrected chi connectivity index (χ1v) is 9.93. The zero-order valence-corrected chi connectivity index (χ0v) is 16.3. The van der Waals surface area contributed by atoms with Gasteiger partial charge in [0.2, 0.25) is 0 Å². The lowest BCUT2D eigenvalue weighted by Crippen LogP contribution is -2.59. The molecule has 8 nitrogen and oxygen atoms in total. The van der Waals surface area contributed by atoms with Gasteiger partial charge in [0.05, 0.1) is 30.4 Å². The third-order valence-electron chi connectivity index (χ3n) is 5.10. The molecule has 1 aromatic rings. The molecular weight excluding hydrogens is 379 g/mol. The lowest BCUT2D eigenvalue weighted by atomic mass is 10.1. The van der Waals surface area contributed by atoms with Crippen LogP contribution in [0, 0.1) is 17.1 Å². The molecule has 9 heteroatoms. The van der Waals surface area contributed by atoms with E-state index in [-0.39, 0.29) is 23.5 Å². The fourth-order valence-corrected chi connectivity index (χ4v) is 3.88. The highest BCUT2D eigenvalue weighted by Gasteiger charge is 2.34. The molecule has 2 heterocycles. The summed E-state index contributed by atoms with van der Waals surface area (Å²) in [6, 6.07) is 6.12. The Labute approximate surface area is 169 Å². The van der Waals surface area contributed by atoms with Crippen LogP contribution in [0.15, 0.2) is 18.2 Å². The van der Waals surface area contributed by atoms with Crippen molar-refractivity contribution >= 4 is 6.09 Å². The average Bonchev–Trinajstić information content (AvgIpc) is 2.68. The van der Waals surface area contributed by atoms with Gasteiger partial charge in [-0.25, -0.2) is 9.18 Å². The highest BCUT2D eigenvalue weighted by molar-refractivity contribution is 5.64. The van der Waals surface area contributed by atoms with E-state index in [1.807, 2.05) is 6.07 Å². The predicted molar refractivity (Wildman–Crippen MR) is 103 cm³/mol. The number of nitrogens with one attached hydrogen (secondary N) is 1. The fourth-order valence-electron chi connectivity index (χ4n) is 3.88. The van der Waals surface area contributed by atoms with Crippen LogP contribution in [0.4, 0.5) is 9.18 Å². The van der Waals surface area contributed by atoms with Crippen LogP contribution in [0.2, 0.25) is 0 Å². The number of morpholine rings is 2. The summed E-state index contributed by atoms with van der Waals surface area (Å²) in [7, 11) is 0. The van der Waals surface area contributed by atoms with E-state index in [4.69, 9.17) is 19.8 Å². The molecule has 0 aliphatic carbocycles. The number of rotatable bonds is 9. The monoisotopic (exact) mass is 406 g/mol. The topological polar surface area (TPSA) is 98.1 Å². The third-order valence-corrected chi connectivity index (χ3v) is 5.10. The summed E-state index contributed by atoms with van der Waals surface area (Å²) in [5.41, 5.74) is 0.280. The molecule has 2 atom stereocenters. The van der Waals surface area contributed by atoms with Crippen LogP contribution in [0.5, 0.6) is 5.75 Å². The molecule has 2 aliphatic rings. The van der Waals surface area contributed by atoms with Gasteiger partial charge in [-0.3, -0.25) is 9.80 Å². The Balaban J connectivity index is 1.34. The highest BCUT2D eigenvalue weighted by Crippen LogP contribution is 2.20. The van der Waals surface area contributed by atoms with E-state index in [0.29, 0.717) is 13.2 Å². The Hall–Kier alpha value is -2.41. The molecule has 0 radical (unpaired) electrons. The van der Waals surface area contributed by atoms with Gasteiger partial charge in [0.25, 0.3) is 0 Å². The highest BCUT2D eigenvalue weighted by atomic mass is 19.1. The minimum atomic E-state index is -0.981. The van der Waals surface area contributed by atoms with Crippen molar-refractivity contribution in [2.45, 2.75) is 25.0 Å². The Morgan fingerprint density at radius 3 is 2.48 bits per heavy atom. The standard InChI is InChI=1S/C20H27FN4O4/c21-18-9-15(10-22)3-4-19(18)28-8-2-7-25-13-16-11-24(12-17(14-25)29-16)6-1-5-23-20(26)27/h3-4,9,16-17,23H,1-2,5-8,11-14H2,(H,26,27). The molecule has 158 valence electrons. The normalized spacial score (nSPS) is 22.1. The number of carboxylic acid groups (broad SMARTS) is 1. The summed E-state index contributed by atoms with van der Waals surface area (Å²) in [5.74, 6) is -0.334.